The van der Waals surface area contributed by atoms with Gasteiger partial charge < -0.3 is 14.4 Å². The zero-order valence-corrected chi connectivity index (χ0v) is 18.1. The van der Waals surface area contributed by atoms with Crippen molar-refractivity contribution in [2.24, 2.45) is 0 Å². The molecule has 0 N–H and O–H groups in total. The van der Waals surface area contributed by atoms with Crippen LogP contribution in [0.4, 0.5) is 10.2 Å². The molecule has 2 aliphatic rings. The van der Waals surface area contributed by atoms with Gasteiger partial charge in [0, 0.05) is 55.0 Å². The average molecular weight is 446 g/mol. The van der Waals surface area contributed by atoms with Gasteiger partial charge >= 0.3 is 0 Å². The normalized spacial score (nSPS) is 15.6. The first-order valence-corrected chi connectivity index (χ1v) is 11.2. The molecule has 0 spiro atoms. The van der Waals surface area contributed by atoms with Crippen LogP contribution in [-0.2, 0) is 24.0 Å². The molecule has 0 radical (unpaired) electrons. The molecule has 1 saturated heterocycles. The Hall–Kier alpha value is -3.59. The van der Waals surface area contributed by atoms with Crippen molar-refractivity contribution in [2.75, 3.05) is 37.8 Å². The number of fused-ring (bicyclic) bond motifs is 2. The smallest absolute Gasteiger partial charge is 0.171 e. The van der Waals surface area contributed by atoms with Gasteiger partial charge in [-0.3, -0.25) is 4.40 Å². The third kappa shape index (κ3) is 3.68. The van der Waals surface area contributed by atoms with Gasteiger partial charge in [-0.25, -0.2) is 14.4 Å². The van der Waals surface area contributed by atoms with Crippen LogP contribution in [0.1, 0.15) is 17.0 Å². The highest BCUT2D eigenvalue weighted by Gasteiger charge is 2.20. The van der Waals surface area contributed by atoms with Gasteiger partial charge in [0.1, 0.15) is 29.5 Å². The fourth-order valence-corrected chi connectivity index (χ4v) is 4.60. The van der Waals surface area contributed by atoms with Crippen LogP contribution in [0.3, 0.4) is 0 Å². The van der Waals surface area contributed by atoms with Crippen LogP contribution in [0.2, 0.25) is 0 Å². The number of anilines is 1. The standard InChI is InChI=1S/C24H23FN6O2/c25-20-3-4-21-18(7-10-33-21)17(20)2-6-23-27-14-19(24-29-28-15-31(23)24)16-1-5-22(26-13-16)30-8-11-32-12-9-30/h1,3-5,13-15H,2,6-12H2. The summed E-state index contributed by atoms with van der Waals surface area (Å²) < 4.78 is 27.4. The summed E-state index contributed by atoms with van der Waals surface area (Å²) in [4.78, 5) is 11.5. The van der Waals surface area contributed by atoms with Crippen LogP contribution in [0, 0.1) is 5.82 Å². The number of benzene rings is 1. The summed E-state index contributed by atoms with van der Waals surface area (Å²) >= 11 is 0. The topological polar surface area (TPSA) is 77.7 Å². The second-order valence-corrected chi connectivity index (χ2v) is 8.22. The predicted molar refractivity (Wildman–Crippen MR) is 120 cm³/mol. The summed E-state index contributed by atoms with van der Waals surface area (Å²) in [5.41, 5.74) is 4.17. The molecule has 2 aliphatic heterocycles. The lowest BCUT2D eigenvalue weighted by Gasteiger charge is -2.27. The monoisotopic (exact) mass is 446 g/mol. The SMILES string of the molecule is Fc1ccc2c(c1CCc1ncc(-c3ccc(N4CCOCC4)nc3)c3nncn13)CCO2. The Balaban J connectivity index is 1.27. The number of hydrogen-bond acceptors (Lipinski definition) is 7. The molecule has 1 fully saturated rings. The minimum Gasteiger partial charge on any atom is -0.493 e. The first kappa shape index (κ1) is 20.0. The van der Waals surface area contributed by atoms with Crippen molar-refractivity contribution in [2.45, 2.75) is 19.3 Å². The molecular formula is C24H23FN6O2. The van der Waals surface area contributed by atoms with Crippen molar-refractivity contribution < 1.29 is 13.9 Å². The maximum atomic E-state index is 14.5. The van der Waals surface area contributed by atoms with Crippen molar-refractivity contribution in [3.63, 3.8) is 0 Å². The lowest BCUT2D eigenvalue weighted by atomic mass is 10.00. The van der Waals surface area contributed by atoms with E-state index in [0.717, 1.165) is 66.8 Å². The van der Waals surface area contributed by atoms with Gasteiger partial charge in [0.2, 0.25) is 0 Å². The van der Waals surface area contributed by atoms with E-state index < -0.39 is 0 Å². The molecule has 0 saturated carbocycles. The molecule has 0 amide bonds. The lowest BCUT2D eigenvalue weighted by Crippen LogP contribution is -2.36. The summed E-state index contributed by atoms with van der Waals surface area (Å²) in [6.45, 7) is 3.73. The Kier molecular flexibility index (Phi) is 5.10. The average Bonchev–Trinajstić information content (AvgIpc) is 3.54. The van der Waals surface area contributed by atoms with Gasteiger partial charge in [0.05, 0.1) is 19.8 Å². The molecule has 0 bridgehead atoms. The Morgan fingerprint density at radius 3 is 2.73 bits per heavy atom. The van der Waals surface area contributed by atoms with E-state index in [9.17, 15) is 4.39 Å². The maximum absolute atomic E-state index is 14.5. The summed E-state index contributed by atoms with van der Waals surface area (Å²) in [6.07, 6.45) is 7.15. The molecule has 33 heavy (non-hydrogen) atoms. The van der Waals surface area contributed by atoms with E-state index in [4.69, 9.17) is 9.47 Å². The van der Waals surface area contributed by atoms with E-state index in [2.05, 4.69) is 25.1 Å². The molecule has 4 aromatic rings. The van der Waals surface area contributed by atoms with E-state index in [1.807, 2.05) is 22.7 Å². The van der Waals surface area contributed by atoms with E-state index in [1.165, 1.54) is 6.07 Å². The molecule has 168 valence electrons. The van der Waals surface area contributed by atoms with E-state index in [1.54, 1.807) is 18.6 Å². The van der Waals surface area contributed by atoms with Crippen LogP contribution in [-0.4, -0.2) is 57.5 Å². The number of pyridine rings is 1. The number of morpholine rings is 1. The number of halogens is 1. The number of hydrogen-bond donors (Lipinski definition) is 0. The predicted octanol–water partition coefficient (Wildman–Crippen LogP) is 2.88. The molecular weight excluding hydrogens is 423 g/mol. The number of aromatic nitrogens is 5. The minimum absolute atomic E-state index is 0.192. The van der Waals surface area contributed by atoms with Crippen LogP contribution < -0.4 is 9.64 Å². The largest absolute Gasteiger partial charge is 0.493 e. The van der Waals surface area contributed by atoms with Crippen LogP contribution >= 0.6 is 0 Å². The Bertz CT molecular complexity index is 1300. The van der Waals surface area contributed by atoms with Gasteiger partial charge in [-0.05, 0) is 36.2 Å². The number of nitrogens with zero attached hydrogens (tertiary/aromatic N) is 6. The maximum Gasteiger partial charge on any atom is 0.171 e. The minimum atomic E-state index is -0.192. The number of aryl methyl sites for hydroxylation is 1. The molecule has 0 aliphatic carbocycles. The fraction of sp³-hybridized carbons (Fsp3) is 0.333. The van der Waals surface area contributed by atoms with Crippen LogP contribution in [0.5, 0.6) is 5.75 Å². The lowest BCUT2D eigenvalue weighted by molar-refractivity contribution is 0.122. The second kappa shape index (κ2) is 8.40. The van der Waals surface area contributed by atoms with Gasteiger partial charge in [-0.15, -0.1) is 10.2 Å². The number of rotatable bonds is 5. The summed E-state index contributed by atoms with van der Waals surface area (Å²) in [5, 5.41) is 8.43. The van der Waals surface area contributed by atoms with Crippen molar-refractivity contribution >= 4 is 11.5 Å². The molecule has 1 aromatic carbocycles. The molecule has 6 rings (SSSR count). The third-order valence-electron chi connectivity index (χ3n) is 6.34. The molecule has 9 heteroatoms. The zero-order valence-electron chi connectivity index (χ0n) is 18.1. The van der Waals surface area contributed by atoms with E-state index in [-0.39, 0.29) is 5.82 Å². The Labute approximate surface area is 190 Å². The van der Waals surface area contributed by atoms with E-state index >= 15 is 0 Å². The van der Waals surface area contributed by atoms with Gasteiger partial charge in [0.25, 0.3) is 0 Å². The quantitative estimate of drug-likeness (QED) is 0.467. The zero-order chi connectivity index (χ0) is 22.2. The number of ether oxygens (including phenoxy) is 2. The van der Waals surface area contributed by atoms with Crippen molar-refractivity contribution in [1.82, 2.24) is 24.6 Å². The molecule has 0 atom stereocenters. The Morgan fingerprint density at radius 1 is 0.970 bits per heavy atom. The van der Waals surface area contributed by atoms with Crippen LogP contribution in [0.15, 0.2) is 43.0 Å². The highest BCUT2D eigenvalue weighted by Crippen LogP contribution is 2.31. The van der Waals surface area contributed by atoms with E-state index in [0.29, 0.717) is 30.7 Å². The fourth-order valence-electron chi connectivity index (χ4n) is 4.60. The third-order valence-corrected chi connectivity index (χ3v) is 6.34. The van der Waals surface area contributed by atoms with Gasteiger partial charge in [-0.1, -0.05) is 0 Å². The summed E-state index contributed by atoms with van der Waals surface area (Å²) in [6, 6.07) is 7.25. The summed E-state index contributed by atoms with van der Waals surface area (Å²) in [7, 11) is 0. The molecule has 0 unspecified atom stereocenters. The second-order valence-electron chi connectivity index (χ2n) is 8.22. The first-order chi connectivity index (χ1) is 16.3. The first-order valence-electron chi connectivity index (χ1n) is 11.2. The summed E-state index contributed by atoms with van der Waals surface area (Å²) in [5.74, 6) is 2.32. The van der Waals surface area contributed by atoms with Crippen molar-refractivity contribution in [3.05, 3.63) is 65.8 Å². The highest BCUT2D eigenvalue weighted by molar-refractivity contribution is 5.76. The van der Waals surface area contributed by atoms with Crippen molar-refractivity contribution in [3.8, 4) is 16.9 Å². The van der Waals surface area contributed by atoms with Crippen LogP contribution in [0.25, 0.3) is 16.8 Å². The molecule has 3 aromatic heterocycles. The molecule has 5 heterocycles. The highest BCUT2D eigenvalue weighted by atomic mass is 19.1. The molecule has 8 nitrogen and oxygen atoms in total. The van der Waals surface area contributed by atoms with Gasteiger partial charge in [0.15, 0.2) is 5.65 Å². The van der Waals surface area contributed by atoms with Crippen molar-refractivity contribution in [1.29, 1.82) is 0 Å². The Morgan fingerprint density at radius 2 is 1.88 bits per heavy atom. The van der Waals surface area contributed by atoms with Gasteiger partial charge in [-0.2, -0.15) is 0 Å².